The number of anilines is 1. The minimum atomic E-state index is -3.96. The van der Waals surface area contributed by atoms with E-state index in [1.165, 1.54) is 16.6 Å². The summed E-state index contributed by atoms with van der Waals surface area (Å²) in [6.45, 7) is 0.426. The quantitative estimate of drug-likeness (QED) is 0.854. The van der Waals surface area contributed by atoms with Crippen molar-refractivity contribution in [1.82, 2.24) is 9.29 Å². The molecule has 21 heavy (non-hydrogen) atoms. The second kappa shape index (κ2) is 5.09. The molecular formula is C14H14FN3O2S. The lowest BCUT2D eigenvalue weighted by molar-refractivity contribution is 0.386. The van der Waals surface area contributed by atoms with Crippen molar-refractivity contribution in [3.05, 3.63) is 53.5 Å². The Labute approximate surface area is 122 Å². The minimum Gasteiger partial charge on any atom is -0.398 e. The number of rotatable bonds is 2. The maximum absolute atomic E-state index is 13.7. The fourth-order valence-electron chi connectivity index (χ4n) is 2.47. The molecule has 0 fully saturated rings. The Morgan fingerprint density at radius 2 is 2.05 bits per heavy atom. The molecule has 5 nitrogen and oxygen atoms in total. The van der Waals surface area contributed by atoms with E-state index in [-0.39, 0.29) is 13.1 Å². The van der Waals surface area contributed by atoms with E-state index in [0.29, 0.717) is 12.1 Å². The zero-order chi connectivity index (χ0) is 15.0. The molecule has 110 valence electrons. The average Bonchev–Trinajstić information content (AvgIpc) is 2.47. The molecule has 3 rings (SSSR count). The summed E-state index contributed by atoms with van der Waals surface area (Å²) >= 11 is 0. The molecule has 1 aliphatic rings. The number of pyridine rings is 1. The van der Waals surface area contributed by atoms with Gasteiger partial charge in [0.05, 0.1) is 0 Å². The normalized spacial score (nSPS) is 15.7. The molecule has 0 spiro atoms. The highest BCUT2D eigenvalue weighted by molar-refractivity contribution is 7.89. The van der Waals surface area contributed by atoms with Gasteiger partial charge in [0.1, 0.15) is 0 Å². The molecule has 0 aliphatic carbocycles. The van der Waals surface area contributed by atoms with Gasteiger partial charge in [-0.1, -0.05) is 12.1 Å². The standard InChI is InChI=1S/C14H14FN3O2S/c15-12-4-2-7-17-14(12)21(19,20)18-8-6-10-3-1-5-13(16)11(10)9-18/h1-5,7H,6,8-9,16H2. The zero-order valence-corrected chi connectivity index (χ0v) is 12.0. The van der Waals surface area contributed by atoms with E-state index in [2.05, 4.69) is 4.98 Å². The molecule has 0 saturated carbocycles. The fraction of sp³-hybridized carbons (Fsp3) is 0.214. The van der Waals surface area contributed by atoms with Gasteiger partial charge in [0.25, 0.3) is 10.0 Å². The van der Waals surface area contributed by atoms with E-state index < -0.39 is 20.9 Å². The number of halogens is 1. The van der Waals surface area contributed by atoms with E-state index in [9.17, 15) is 12.8 Å². The van der Waals surface area contributed by atoms with Crippen molar-refractivity contribution in [1.29, 1.82) is 0 Å². The molecule has 0 bridgehead atoms. The third-order valence-electron chi connectivity index (χ3n) is 3.58. The van der Waals surface area contributed by atoms with Crippen molar-refractivity contribution in [2.75, 3.05) is 12.3 Å². The van der Waals surface area contributed by atoms with E-state index >= 15 is 0 Å². The SMILES string of the molecule is Nc1cccc2c1CN(S(=O)(=O)c1ncccc1F)CC2. The van der Waals surface area contributed by atoms with Crippen LogP contribution in [0.25, 0.3) is 0 Å². The first-order chi connectivity index (χ1) is 10.00. The second-order valence-electron chi connectivity index (χ2n) is 4.86. The number of fused-ring (bicyclic) bond motifs is 1. The van der Waals surface area contributed by atoms with Crippen LogP contribution in [-0.4, -0.2) is 24.3 Å². The maximum atomic E-state index is 13.7. The Hall–Kier alpha value is -1.99. The molecule has 0 atom stereocenters. The maximum Gasteiger partial charge on any atom is 0.263 e. The Kier molecular flexibility index (Phi) is 3.38. The van der Waals surface area contributed by atoms with Crippen LogP contribution in [0.3, 0.4) is 0 Å². The number of benzene rings is 1. The first-order valence-corrected chi connectivity index (χ1v) is 7.91. The van der Waals surface area contributed by atoms with Gasteiger partial charge in [-0.3, -0.25) is 0 Å². The largest absolute Gasteiger partial charge is 0.398 e. The van der Waals surface area contributed by atoms with Gasteiger partial charge >= 0.3 is 0 Å². The van der Waals surface area contributed by atoms with Crippen molar-refractivity contribution in [3.63, 3.8) is 0 Å². The van der Waals surface area contributed by atoms with Crippen LogP contribution in [0.5, 0.6) is 0 Å². The zero-order valence-electron chi connectivity index (χ0n) is 11.2. The number of sulfonamides is 1. The Morgan fingerprint density at radius 3 is 2.81 bits per heavy atom. The van der Waals surface area contributed by atoms with Crippen LogP contribution >= 0.6 is 0 Å². The molecule has 2 heterocycles. The first-order valence-electron chi connectivity index (χ1n) is 6.47. The molecule has 1 aromatic carbocycles. The summed E-state index contributed by atoms with van der Waals surface area (Å²) in [6, 6.07) is 7.95. The lowest BCUT2D eigenvalue weighted by Crippen LogP contribution is -2.37. The molecule has 1 aliphatic heterocycles. The summed E-state index contributed by atoms with van der Waals surface area (Å²) in [5, 5.41) is -0.539. The molecule has 7 heteroatoms. The van der Waals surface area contributed by atoms with Crippen LogP contribution in [0, 0.1) is 5.82 Å². The molecule has 2 aromatic rings. The van der Waals surface area contributed by atoms with Gasteiger partial charge in [0.15, 0.2) is 5.82 Å². The van der Waals surface area contributed by atoms with Gasteiger partial charge in [-0.2, -0.15) is 4.31 Å². The van der Waals surface area contributed by atoms with Crippen molar-refractivity contribution in [2.24, 2.45) is 0 Å². The number of nitrogens with two attached hydrogens (primary N) is 1. The monoisotopic (exact) mass is 307 g/mol. The van der Waals surface area contributed by atoms with Gasteiger partial charge in [-0.15, -0.1) is 0 Å². The number of aromatic nitrogens is 1. The van der Waals surface area contributed by atoms with Crippen molar-refractivity contribution in [2.45, 2.75) is 18.0 Å². The third-order valence-corrected chi connectivity index (χ3v) is 5.36. The number of hydrogen-bond acceptors (Lipinski definition) is 4. The molecule has 0 radical (unpaired) electrons. The molecule has 1 aromatic heterocycles. The smallest absolute Gasteiger partial charge is 0.263 e. The van der Waals surface area contributed by atoms with Gasteiger partial charge in [0, 0.05) is 25.0 Å². The van der Waals surface area contributed by atoms with Gasteiger partial charge in [-0.05, 0) is 35.7 Å². The predicted molar refractivity (Wildman–Crippen MR) is 76.3 cm³/mol. The van der Waals surface area contributed by atoms with Crippen LogP contribution in [0.2, 0.25) is 0 Å². The molecule has 0 saturated heterocycles. The number of nitrogens with zero attached hydrogens (tertiary/aromatic N) is 2. The summed E-state index contributed by atoms with van der Waals surface area (Å²) in [4.78, 5) is 3.67. The average molecular weight is 307 g/mol. The second-order valence-corrected chi connectivity index (χ2v) is 6.72. The Bertz CT molecular complexity index is 793. The summed E-state index contributed by atoms with van der Waals surface area (Å²) in [5.74, 6) is -0.843. The molecular weight excluding hydrogens is 293 g/mol. The minimum absolute atomic E-state index is 0.139. The van der Waals surface area contributed by atoms with E-state index in [4.69, 9.17) is 5.73 Å². The third kappa shape index (κ3) is 2.38. The Balaban J connectivity index is 2.00. The topological polar surface area (TPSA) is 76.3 Å². The van der Waals surface area contributed by atoms with Crippen LogP contribution in [0.15, 0.2) is 41.6 Å². The van der Waals surface area contributed by atoms with E-state index in [1.54, 1.807) is 6.07 Å². The summed E-state index contributed by atoms with van der Waals surface area (Å²) in [5.41, 5.74) is 8.27. The summed E-state index contributed by atoms with van der Waals surface area (Å²) < 4.78 is 40.0. The van der Waals surface area contributed by atoms with Gasteiger partial charge < -0.3 is 5.73 Å². The van der Waals surface area contributed by atoms with Crippen molar-refractivity contribution in [3.8, 4) is 0 Å². The highest BCUT2D eigenvalue weighted by atomic mass is 32.2. The fourth-order valence-corrected chi connectivity index (χ4v) is 3.85. The van der Waals surface area contributed by atoms with E-state index in [1.807, 2.05) is 12.1 Å². The van der Waals surface area contributed by atoms with Crippen LogP contribution in [0.1, 0.15) is 11.1 Å². The highest BCUT2D eigenvalue weighted by Gasteiger charge is 2.32. The number of hydrogen-bond donors (Lipinski definition) is 1. The van der Waals surface area contributed by atoms with Gasteiger partial charge in [-0.25, -0.2) is 17.8 Å². The van der Waals surface area contributed by atoms with Gasteiger partial charge in [0.2, 0.25) is 5.03 Å². The Morgan fingerprint density at radius 1 is 1.24 bits per heavy atom. The summed E-state index contributed by atoms with van der Waals surface area (Å²) in [6.07, 6.45) is 1.82. The summed E-state index contributed by atoms with van der Waals surface area (Å²) in [7, 11) is -3.96. The lowest BCUT2D eigenvalue weighted by Gasteiger charge is -2.28. The molecule has 0 unspecified atom stereocenters. The predicted octanol–water partition coefficient (Wildman–Crippen LogP) is 1.55. The molecule has 2 N–H and O–H groups in total. The van der Waals surface area contributed by atoms with Crippen LogP contribution in [-0.2, 0) is 23.0 Å². The van der Waals surface area contributed by atoms with Crippen LogP contribution < -0.4 is 5.73 Å². The van der Waals surface area contributed by atoms with Crippen molar-refractivity contribution < 1.29 is 12.8 Å². The van der Waals surface area contributed by atoms with Crippen molar-refractivity contribution >= 4 is 15.7 Å². The number of nitrogen functional groups attached to an aromatic ring is 1. The molecule has 0 amide bonds. The lowest BCUT2D eigenvalue weighted by atomic mass is 10.00. The first kappa shape index (κ1) is 14.0. The van der Waals surface area contributed by atoms with Crippen LogP contribution in [0.4, 0.5) is 10.1 Å². The van der Waals surface area contributed by atoms with E-state index in [0.717, 1.165) is 17.2 Å². The highest BCUT2D eigenvalue weighted by Crippen LogP contribution is 2.28.